The third-order valence-corrected chi connectivity index (χ3v) is 6.74. The van der Waals surface area contributed by atoms with Gasteiger partial charge in [0.05, 0.1) is 12.2 Å². The van der Waals surface area contributed by atoms with Crippen molar-refractivity contribution in [2.45, 2.75) is 130 Å². The van der Waals surface area contributed by atoms with E-state index in [0.717, 1.165) is 12.2 Å². The van der Waals surface area contributed by atoms with Gasteiger partial charge < -0.3 is 0 Å². The van der Waals surface area contributed by atoms with Gasteiger partial charge >= 0.3 is 0 Å². The van der Waals surface area contributed by atoms with Gasteiger partial charge in [0.15, 0.2) is 0 Å². The fourth-order valence-electron chi connectivity index (χ4n) is 4.61. The zero-order valence-corrected chi connectivity index (χ0v) is 21.5. The molecular weight excluding hydrogens is 392 g/mol. The van der Waals surface area contributed by atoms with Gasteiger partial charge in [0.25, 0.3) is 0 Å². The molecular formula is C28H50N4. The number of unbranched alkanes of at least 4 members (excludes halogenated alkanes) is 14. The Morgan fingerprint density at radius 3 is 1.72 bits per heavy atom. The third-order valence-electron chi connectivity index (χ3n) is 6.74. The molecule has 1 aromatic carbocycles. The minimum atomic E-state index is 0.868. The van der Waals surface area contributed by atoms with Gasteiger partial charge in [-0.2, -0.15) is 0 Å². The standard InChI is InChI=1S/C28H50N4/c1-4-6-8-10-12-14-16-18-23-31(24-19-17-15-13-11-9-7-5-2)25-32-27-22-20-21-26(3)28(27)29-30-32/h20-22H,4-19,23-25H2,1-3H3. The molecule has 0 radical (unpaired) electrons. The molecule has 0 aliphatic rings. The van der Waals surface area contributed by atoms with E-state index in [-0.39, 0.29) is 0 Å². The fraction of sp³-hybridized carbons (Fsp3) is 0.786. The van der Waals surface area contributed by atoms with Crippen LogP contribution in [0.5, 0.6) is 0 Å². The predicted molar refractivity (Wildman–Crippen MR) is 139 cm³/mol. The maximum Gasteiger partial charge on any atom is 0.116 e. The van der Waals surface area contributed by atoms with Gasteiger partial charge in [-0.15, -0.1) is 5.10 Å². The Labute approximate surface area is 198 Å². The molecule has 2 rings (SSSR count). The van der Waals surface area contributed by atoms with Crippen molar-refractivity contribution in [1.82, 2.24) is 19.9 Å². The maximum absolute atomic E-state index is 4.49. The average molecular weight is 443 g/mol. The van der Waals surface area contributed by atoms with Gasteiger partial charge in [0.1, 0.15) is 5.52 Å². The van der Waals surface area contributed by atoms with E-state index in [2.05, 4.69) is 58.9 Å². The minimum Gasteiger partial charge on any atom is -0.284 e. The van der Waals surface area contributed by atoms with E-state index in [1.54, 1.807) is 0 Å². The summed E-state index contributed by atoms with van der Waals surface area (Å²) in [6.07, 6.45) is 22.1. The second-order valence-corrected chi connectivity index (χ2v) is 9.74. The molecule has 0 unspecified atom stereocenters. The zero-order valence-electron chi connectivity index (χ0n) is 21.5. The van der Waals surface area contributed by atoms with Crippen LogP contribution in [0.1, 0.15) is 122 Å². The van der Waals surface area contributed by atoms with Crippen molar-refractivity contribution in [1.29, 1.82) is 0 Å². The number of aryl methyl sites for hydroxylation is 1. The first-order valence-electron chi connectivity index (χ1n) is 13.8. The Hall–Kier alpha value is -1.42. The molecule has 0 aliphatic heterocycles. The number of fused-ring (bicyclic) bond motifs is 1. The first-order valence-corrected chi connectivity index (χ1v) is 13.8. The Kier molecular flexibility index (Phi) is 14.3. The van der Waals surface area contributed by atoms with E-state index in [0.29, 0.717) is 0 Å². The first kappa shape index (κ1) is 26.8. The largest absolute Gasteiger partial charge is 0.284 e. The summed E-state index contributed by atoms with van der Waals surface area (Å²) in [5, 5.41) is 8.94. The van der Waals surface area contributed by atoms with Crippen LogP contribution < -0.4 is 0 Å². The average Bonchev–Trinajstić information content (AvgIpc) is 3.21. The molecule has 182 valence electrons. The highest BCUT2D eigenvalue weighted by atomic mass is 15.5. The molecule has 1 aromatic heterocycles. The van der Waals surface area contributed by atoms with Crippen LogP contribution >= 0.6 is 0 Å². The van der Waals surface area contributed by atoms with E-state index in [1.165, 1.54) is 127 Å². The lowest BCUT2D eigenvalue weighted by atomic mass is 10.1. The zero-order chi connectivity index (χ0) is 22.9. The maximum atomic E-state index is 4.49. The predicted octanol–water partition coefficient (Wildman–Crippen LogP) is 8.28. The van der Waals surface area contributed by atoms with Crippen molar-refractivity contribution in [3.05, 3.63) is 23.8 Å². The molecule has 0 N–H and O–H groups in total. The second kappa shape index (κ2) is 17.1. The molecule has 0 saturated heterocycles. The lowest BCUT2D eigenvalue weighted by molar-refractivity contribution is 0.199. The molecule has 4 nitrogen and oxygen atoms in total. The lowest BCUT2D eigenvalue weighted by Gasteiger charge is -2.22. The SMILES string of the molecule is CCCCCCCCCCN(CCCCCCCCCC)Cn1nnc2c(C)cccc21. The van der Waals surface area contributed by atoms with Crippen LogP contribution in [0.15, 0.2) is 18.2 Å². The van der Waals surface area contributed by atoms with Crippen LogP contribution in [0.2, 0.25) is 0 Å². The topological polar surface area (TPSA) is 34.0 Å². The van der Waals surface area contributed by atoms with E-state index in [9.17, 15) is 0 Å². The molecule has 0 aliphatic carbocycles. The monoisotopic (exact) mass is 442 g/mol. The molecule has 0 bridgehead atoms. The Bertz CT molecular complexity index is 689. The first-order chi connectivity index (χ1) is 15.8. The number of rotatable bonds is 20. The molecule has 0 fully saturated rings. The van der Waals surface area contributed by atoms with E-state index < -0.39 is 0 Å². The summed E-state index contributed by atoms with van der Waals surface area (Å²) in [4.78, 5) is 2.62. The summed E-state index contributed by atoms with van der Waals surface area (Å²) in [7, 11) is 0. The summed E-state index contributed by atoms with van der Waals surface area (Å²) in [5.41, 5.74) is 3.43. The minimum absolute atomic E-state index is 0.868. The van der Waals surface area contributed by atoms with Crippen molar-refractivity contribution >= 4 is 11.0 Å². The van der Waals surface area contributed by atoms with Crippen LogP contribution in [0.25, 0.3) is 11.0 Å². The number of aromatic nitrogens is 3. The van der Waals surface area contributed by atoms with E-state index in [1.807, 2.05) is 0 Å². The Morgan fingerprint density at radius 1 is 0.688 bits per heavy atom. The van der Waals surface area contributed by atoms with Gasteiger partial charge in [-0.1, -0.05) is 121 Å². The van der Waals surface area contributed by atoms with Crippen LogP contribution in [-0.2, 0) is 6.67 Å². The molecule has 32 heavy (non-hydrogen) atoms. The molecule has 0 amide bonds. The molecule has 0 spiro atoms. The quantitative estimate of drug-likeness (QED) is 0.193. The molecule has 2 aromatic rings. The van der Waals surface area contributed by atoms with E-state index >= 15 is 0 Å². The summed E-state index contributed by atoms with van der Waals surface area (Å²) in [6, 6.07) is 6.41. The number of hydrogen-bond donors (Lipinski definition) is 0. The highest BCUT2D eigenvalue weighted by Gasteiger charge is 2.11. The number of benzene rings is 1. The third kappa shape index (κ3) is 10.5. The Balaban J connectivity index is 1.76. The van der Waals surface area contributed by atoms with Crippen LogP contribution in [-0.4, -0.2) is 33.0 Å². The van der Waals surface area contributed by atoms with Gasteiger partial charge in [0, 0.05) is 0 Å². The summed E-state index contributed by atoms with van der Waals surface area (Å²) >= 11 is 0. The van der Waals surface area contributed by atoms with Crippen molar-refractivity contribution in [3.8, 4) is 0 Å². The number of nitrogens with zero attached hydrogens (tertiary/aromatic N) is 4. The fourth-order valence-corrected chi connectivity index (χ4v) is 4.61. The summed E-state index contributed by atoms with van der Waals surface area (Å²) in [5.74, 6) is 0. The highest BCUT2D eigenvalue weighted by molar-refractivity contribution is 5.77. The highest BCUT2D eigenvalue weighted by Crippen LogP contribution is 2.17. The van der Waals surface area contributed by atoms with Gasteiger partial charge in [0.2, 0.25) is 0 Å². The molecule has 1 heterocycles. The smallest absolute Gasteiger partial charge is 0.116 e. The number of hydrogen-bond acceptors (Lipinski definition) is 3. The summed E-state index contributed by atoms with van der Waals surface area (Å²) in [6.45, 7) is 9.94. The molecule has 0 saturated carbocycles. The van der Waals surface area contributed by atoms with E-state index in [4.69, 9.17) is 0 Å². The summed E-state index contributed by atoms with van der Waals surface area (Å²) < 4.78 is 2.11. The van der Waals surface area contributed by atoms with Crippen molar-refractivity contribution in [2.24, 2.45) is 0 Å². The molecule has 0 atom stereocenters. The van der Waals surface area contributed by atoms with Gasteiger partial charge in [-0.05, 0) is 44.5 Å². The van der Waals surface area contributed by atoms with Crippen molar-refractivity contribution in [3.63, 3.8) is 0 Å². The van der Waals surface area contributed by atoms with Crippen molar-refractivity contribution in [2.75, 3.05) is 13.1 Å². The van der Waals surface area contributed by atoms with Gasteiger partial charge in [-0.3, -0.25) is 4.90 Å². The normalized spacial score (nSPS) is 11.8. The lowest BCUT2D eigenvalue weighted by Crippen LogP contribution is -2.29. The molecule has 4 heteroatoms. The van der Waals surface area contributed by atoms with Crippen LogP contribution in [0, 0.1) is 6.92 Å². The Morgan fingerprint density at radius 2 is 1.19 bits per heavy atom. The second-order valence-electron chi connectivity index (χ2n) is 9.74. The van der Waals surface area contributed by atoms with Crippen LogP contribution in [0.3, 0.4) is 0 Å². The van der Waals surface area contributed by atoms with Crippen molar-refractivity contribution < 1.29 is 0 Å². The van der Waals surface area contributed by atoms with Gasteiger partial charge in [-0.25, -0.2) is 4.68 Å². The van der Waals surface area contributed by atoms with Crippen LogP contribution in [0.4, 0.5) is 0 Å².